The molecule has 2 N–H and O–H groups in total. The van der Waals surface area contributed by atoms with Gasteiger partial charge in [0.25, 0.3) is 5.91 Å². The van der Waals surface area contributed by atoms with Crippen LogP contribution in [0.4, 0.5) is 5.69 Å². The lowest BCUT2D eigenvalue weighted by Crippen LogP contribution is -2.42. The molecule has 1 aliphatic heterocycles. The molecule has 5 rings (SSSR count). The number of aryl methyl sites for hydroxylation is 1. The first-order valence-corrected chi connectivity index (χ1v) is 15.2. The third kappa shape index (κ3) is 6.47. The van der Waals surface area contributed by atoms with Crippen LogP contribution in [0, 0.1) is 0 Å². The molecule has 1 atom stereocenters. The van der Waals surface area contributed by atoms with E-state index in [1.165, 1.54) is 0 Å². The second kappa shape index (κ2) is 14.1. The van der Waals surface area contributed by atoms with Gasteiger partial charge in [-0.2, -0.15) is 0 Å². The van der Waals surface area contributed by atoms with Crippen molar-refractivity contribution in [2.75, 3.05) is 18.0 Å². The van der Waals surface area contributed by atoms with Crippen molar-refractivity contribution in [1.29, 1.82) is 0 Å². The van der Waals surface area contributed by atoms with E-state index in [2.05, 4.69) is 37.3 Å². The zero-order valence-corrected chi connectivity index (χ0v) is 24.5. The summed E-state index contributed by atoms with van der Waals surface area (Å²) >= 11 is 0. The number of nitrogens with two attached hydrogens (primary N) is 1. The number of amides is 2. The molecule has 42 heavy (non-hydrogen) atoms. The van der Waals surface area contributed by atoms with Gasteiger partial charge in [-0.15, -0.1) is 0 Å². The summed E-state index contributed by atoms with van der Waals surface area (Å²) in [7, 11) is 0. The van der Waals surface area contributed by atoms with Gasteiger partial charge in [-0.1, -0.05) is 117 Å². The number of carbonyl (C=O) groups is 2. The maximum Gasteiger partial charge on any atom is 0.256 e. The number of benzene rings is 4. The predicted octanol–water partition coefficient (Wildman–Crippen LogP) is 7.48. The largest absolute Gasteiger partial charge is 0.330 e. The van der Waals surface area contributed by atoms with Gasteiger partial charge in [0, 0.05) is 0 Å². The molecule has 0 bridgehead atoms. The van der Waals surface area contributed by atoms with Crippen LogP contribution in [0.3, 0.4) is 0 Å². The van der Waals surface area contributed by atoms with Crippen molar-refractivity contribution in [2.45, 2.75) is 57.5 Å². The molecular weight excluding hydrogens is 518 g/mol. The topological polar surface area (TPSA) is 66.6 Å². The Bertz CT molecular complexity index is 1420. The summed E-state index contributed by atoms with van der Waals surface area (Å²) in [6.45, 7) is 2.80. The molecule has 4 aromatic carbocycles. The molecule has 0 fully saturated rings. The SMILES string of the molecule is CCC(c1ccccc1)N1CC(=O)N(C(c2ccccc2)c2ccccc2)c2ccc(CCCCCCN)cc2C1=O. The van der Waals surface area contributed by atoms with Crippen molar-refractivity contribution in [3.63, 3.8) is 0 Å². The minimum atomic E-state index is -0.370. The number of hydrogen-bond acceptors (Lipinski definition) is 3. The fraction of sp³-hybridized carbons (Fsp3) is 0.297. The average Bonchev–Trinajstić information content (AvgIpc) is 3.13. The molecule has 5 nitrogen and oxygen atoms in total. The minimum absolute atomic E-state index is 0.00546. The van der Waals surface area contributed by atoms with Crippen molar-refractivity contribution in [3.8, 4) is 0 Å². The summed E-state index contributed by atoms with van der Waals surface area (Å²) in [6, 6.07) is 35.8. The van der Waals surface area contributed by atoms with Gasteiger partial charge in [-0.05, 0) is 66.6 Å². The summed E-state index contributed by atoms with van der Waals surface area (Å²) < 4.78 is 0. The van der Waals surface area contributed by atoms with E-state index in [1.807, 2.05) is 83.8 Å². The van der Waals surface area contributed by atoms with Crippen LogP contribution in [0.1, 0.15) is 83.7 Å². The number of anilines is 1. The van der Waals surface area contributed by atoms with Gasteiger partial charge < -0.3 is 10.6 Å². The molecule has 1 heterocycles. The Hall–Kier alpha value is -4.22. The van der Waals surface area contributed by atoms with E-state index in [0.717, 1.165) is 60.9 Å². The van der Waals surface area contributed by atoms with Gasteiger partial charge in [0.1, 0.15) is 6.54 Å². The Morgan fingerprint density at radius 1 is 0.714 bits per heavy atom. The highest BCUT2D eigenvalue weighted by atomic mass is 16.2. The van der Waals surface area contributed by atoms with Crippen molar-refractivity contribution in [2.24, 2.45) is 5.73 Å². The minimum Gasteiger partial charge on any atom is -0.330 e. The van der Waals surface area contributed by atoms with Crippen LogP contribution in [0.2, 0.25) is 0 Å². The maximum absolute atomic E-state index is 14.5. The van der Waals surface area contributed by atoms with Gasteiger partial charge in [0.2, 0.25) is 5.91 Å². The average molecular weight is 560 g/mol. The van der Waals surface area contributed by atoms with Gasteiger partial charge in [-0.25, -0.2) is 0 Å². The van der Waals surface area contributed by atoms with E-state index in [-0.39, 0.29) is 30.4 Å². The van der Waals surface area contributed by atoms with Crippen LogP contribution in [-0.2, 0) is 11.2 Å². The second-order valence-electron chi connectivity index (χ2n) is 11.1. The molecule has 5 heteroatoms. The third-order valence-corrected chi connectivity index (χ3v) is 8.24. The third-order valence-electron chi connectivity index (χ3n) is 8.24. The lowest BCUT2D eigenvalue weighted by molar-refractivity contribution is -0.120. The van der Waals surface area contributed by atoms with E-state index >= 15 is 0 Å². The Kier molecular flexibility index (Phi) is 9.83. The quantitative estimate of drug-likeness (QED) is 0.183. The van der Waals surface area contributed by atoms with Crippen LogP contribution in [0.5, 0.6) is 0 Å². The fourth-order valence-corrected chi connectivity index (χ4v) is 6.14. The van der Waals surface area contributed by atoms with Crippen LogP contribution in [0.25, 0.3) is 0 Å². The lowest BCUT2D eigenvalue weighted by Gasteiger charge is -2.33. The highest BCUT2D eigenvalue weighted by Crippen LogP contribution is 2.39. The van der Waals surface area contributed by atoms with E-state index in [0.29, 0.717) is 17.7 Å². The van der Waals surface area contributed by atoms with Crippen molar-refractivity contribution in [3.05, 3.63) is 137 Å². The molecule has 0 saturated heterocycles. The summed E-state index contributed by atoms with van der Waals surface area (Å²) in [5.41, 5.74) is 11.1. The first kappa shape index (κ1) is 29.3. The van der Waals surface area contributed by atoms with Crippen LogP contribution in [0.15, 0.2) is 109 Å². The van der Waals surface area contributed by atoms with Gasteiger partial charge in [0.05, 0.1) is 23.3 Å². The van der Waals surface area contributed by atoms with Crippen LogP contribution >= 0.6 is 0 Å². The molecule has 0 spiro atoms. The molecule has 1 unspecified atom stereocenters. The zero-order chi connectivity index (χ0) is 29.3. The highest BCUT2D eigenvalue weighted by molar-refractivity contribution is 6.10. The molecule has 216 valence electrons. The highest BCUT2D eigenvalue weighted by Gasteiger charge is 2.39. The van der Waals surface area contributed by atoms with Crippen LogP contribution < -0.4 is 10.6 Å². The number of hydrogen-bond donors (Lipinski definition) is 1. The number of unbranched alkanes of at least 4 members (excludes halogenated alkanes) is 3. The first-order valence-electron chi connectivity index (χ1n) is 15.2. The summed E-state index contributed by atoms with van der Waals surface area (Å²) in [4.78, 5) is 32.6. The normalized spacial score (nSPS) is 14.2. The molecule has 2 amide bonds. The van der Waals surface area contributed by atoms with Gasteiger partial charge >= 0.3 is 0 Å². The van der Waals surface area contributed by atoms with Gasteiger partial charge in [-0.3, -0.25) is 14.5 Å². The molecule has 1 aliphatic rings. The predicted molar refractivity (Wildman–Crippen MR) is 170 cm³/mol. The summed E-state index contributed by atoms with van der Waals surface area (Å²) in [5.74, 6) is -0.190. The Morgan fingerprint density at radius 3 is 1.86 bits per heavy atom. The van der Waals surface area contributed by atoms with Crippen molar-refractivity contribution in [1.82, 2.24) is 4.90 Å². The number of rotatable bonds is 12. The van der Waals surface area contributed by atoms with Crippen molar-refractivity contribution >= 4 is 17.5 Å². The number of carbonyl (C=O) groups excluding carboxylic acids is 2. The standard InChI is InChI=1S/C37H41N3O2/c1-2-33(29-17-9-5-10-18-29)39-27-35(41)40(36(30-19-11-6-12-20-30)31-21-13-7-14-22-31)34-24-23-28(26-32(34)37(39)42)16-8-3-4-15-25-38/h5-7,9-14,17-24,26,33,36H,2-4,8,15-16,25,27,38H2,1H3. The molecule has 0 saturated carbocycles. The van der Waals surface area contributed by atoms with E-state index in [4.69, 9.17) is 5.73 Å². The van der Waals surface area contributed by atoms with Gasteiger partial charge in [0.15, 0.2) is 0 Å². The van der Waals surface area contributed by atoms with Crippen LogP contribution in [-0.4, -0.2) is 29.8 Å². The molecule has 0 radical (unpaired) electrons. The van der Waals surface area contributed by atoms with Crippen molar-refractivity contribution < 1.29 is 9.59 Å². The monoisotopic (exact) mass is 559 g/mol. The summed E-state index contributed by atoms with van der Waals surface area (Å²) in [5, 5.41) is 0. The fourth-order valence-electron chi connectivity index (χ4n) is 6.14. The number of nitrogens with zero attached hydrogens (tertiary/aromatic N) is 2. The smallest absolute Gasteiger partial charge is 0.256 e. The Balaban J connectivity index is 1.62. The Labute approximate surface area is 250 Å². The first-order chi connectivity index (χ1) is 20.6. The Morgan fingerprint density at radius 2 is 1.29 bits per heavy atom. The van der Waals surface area contributed by atoms with E-state index in [9.17, 15) is 9.59 Å². The number of fused-ring (bicyclic) bond motifs is 1. The lowest BCUT2D eigenvalue weighted by atomic mass is 9.95. The molecule has 0 aromatic heterocycles. The van der Waals surface area contributed by atoms with E-state index in [1.54, 1.807) is 4.90 Å². The second-order valence-corrected chi connectivity index (χ2v) is 11.1. The maximum atomic E-state index is 14.5. The molecule has 4 aromatic rings. The summed E-state index contributed by atoms with van der Waals surface area (Å²) in [6.07, 6.45) is 5.89. The van der Waals surface area contributed by atoms with E-state index < -0.39 is 0 Å². The molecular formula is C37H41N3O2. The molecule has 0 aliphatic carbocycles. The zero-order valence-electron chi connectivity index (χ0n) is 24.5.